The molecule has 1 rings (SSSR count). The minimum absolute atomic E-state index is 0.151. The van der Waals surface area contributed by atoms with Gasteiger partial charge in [-0.1, -0.05) is 32.6 Å². The molecule has 1 atom stereocenters. The van der Waals surface area contributed by atoms with Crippen molar-refractivity contribution >= 4 is 11.4 Å². The van der Waals surface area contributed by atoms with Crippen molar-refractivity contribution in [2.75, 3.05) is 5.32 Å². The van der Waals surface area contributed by atoms with Crippen LogP contribution in [0.2, 0.25) is 0 Å². The molecule has 0 heterocycles. The van der Waals surface area contributed by atoms with Crippen LogP contribution in [0.25, 0.3) is 0 Å². The van der Waals surface area contributed by atoms with Gasteiger partial charge in [0.1, 0.15) is 0 Å². The number of nitrogens with one attached hydrogen (secondary N) is 1. The standard InChI is InChI=1S/C14H20F2N2O2/c1-3-4-5-6-7-10(2)17-14-12(18(19)20)9-8-11(15)13(14)16/h8-10,17H,3-7H2,1-2H3. The van der Waals surface area contributed by atoms with E-state index in [9.17, 15) is 18.9 Å². The van der Waals surface area contributed by atoms with Crippen LogP contribution in [0.15, 0.2) is 12.1 Å². The van der Waals surface area contributed by atoms with E-state index < -0.39 is 22.2 Å². The van der Waals surface area contributed by atoms with Crippen LogP contribution in [-0.2, 0) is 0 Å². The fourth-order valence-corrected chi connectivity index (χ4v) is 2.03. The number of nitrogens with zero attached hydrogens (tertiary/aromatic N) is 1. The Bertz CT molecular complexity index is 467. The molecule has 0 aliphatic rings. The average Bonchev–Trinajstić information content (AvgIpc) is 2.40. The molecular formula is C14H20F2N2O2. The number of hydrogen-bond donors (Lipinski definition) is 1. The summed E-state index contributed by atoms with van der Waals surface area (Å²) in [5, 5.41) is 13.6. The first kappa shape index (κ1) is 16.3. The van der Waals surface area contributed by atoms with E-state index in [4.69, 9.17) is 0 Å². The molecule has 0 radical (unpaired) electrons. The van der Waals surface area contributed by atoms with Gasteiger partial charge < -0.3 is 5.32 Å². The Morgan fingerprint density at radius 1 is 1.30 bits per heavy atom. The summed E-state index contributed by atoms with van der Waals surface area (Å²) >= 11 is 0. The Morgan fingerprint density at radius 3 is 2.60 bits per heavy atom. The number of halogens is 2. The van der Waals surface area contributed by atoms with Crippen molar-refractivity contribution in [1.82, 2.24) is 0 Å². The van der Waals surface area contributed by atoms with Gasteiger partial charge in [-0.3, -0.25) is 10.1 Å². The van der Waals surface area contributed by atoms with Crippen LogP contribution in [0, 0.1) is 21.7 Å². The third-order valence-corrected chi connectivity index (χ3v) is 3.15. The second-order valence-corrected chi connectivity index (χ2v) is 4.91. The van der Waals surface area contributed by atoms with E-state index in [-0.39, 0.29) is 11.7 Å². The number of rotatable bonds is 8. The number of unbranched alkanes of at least 4 members (excludes halogenated alkanes) is 3. The lowest BCUT2D eigenvalue weighted by Crippen LogP contribution is -2.17. The zero-order valence-corrected chi connectivity index (χ0v) is 11.8. The number of anilines is 1. The summed E-state index contributed by atoms with van der Waals surface area (Å²) in [6.45, 7) is 3.91. The second-order valence-electron chi connectivity index (χ2n) is 4.91. The van der Waals surface area contributed by atoms with Crippen LogP contribution in [0.5, 0.6) is 0 Å². The Kier molecular flexibility index (Phi) is 6.35. The number of nitro groups is 1. The molecule has 1 aromatic rings. The van der Waals surface area contributed by atoms with E-state index >= 15 is 0 Å². The highest BCUT2D eigenvalue weighted by atomic mass is 19.2. The van der Waals surface area contributed by atoms with E-state index in [0.29, 0.717) is 0 Å². The maximum Gasteiger partial charge on any atom is 0.295 e. The van der Waals surface area contributed by atoms with Crippen molar-refractivity contribution in [3.63, 3.8) is 0 Å². The molecule has 4 nitrogen and oxygen atoms in total. The molecule has 1 aromatic carbocycles. The lowest BCUT2D eigenvalue weighted by atomic mass is 10.1. The maximum atomic E-state index is 13.7. The van der Waals surface area contributed by atoms with Crippen molar-refractivity contribution in [3.05, 3.63) is 33.9 Å². The van der Waals surface area contributed by atoms with Crippen molar-refractivity contribution < 1.29 is 13.7 Å². The van der Waals surface area contributed by atoms with E-state index in [1.165, 1.54) is 0 Å². The van der Waals surface area contributed by atoms with Crippen LogP contribution < -0.4 is 5.32 Å². The molecular weight excluding hydrogens is 266 g/mol. The van der Waals surface area contributed by atoms with Crippen molar-refractivity contribution in [2.45, 2.75) is 52.0 Å². The summed E-state index contributed by atoms with van der Waals surface area (Å²) in [5.41, 5.74) is -0.803. The fraction of sp³-hybridized carbons (Fsp3) is 0.571. The lowest BCUT2D eigenvalue weighted by molar-refractivity contribution is -0.384. The first-order chi connectivity index (χ1) is 9.47. The Hall–Kier alpha value is -1.72. The summed E-state index contributed by atoms with van der Waals surface area (Å²) in [7, 11) is 0. The molecule has 20 heavy (non-hydrogen) atoms. The third-order valence-electron chi connectivity index (χ3n) is 3.15. The molecule has 0 aliphatic heterocycles. The summed E-state index contributed by atoms with van der Waals surface area (Å²) in [6, 6.07) is 1.59. The van der Waals surface area contributed by atoms with Gasteiger partial charge in [-0.25, -0.2) is 8.78 Å². The van der Waals surface area contributed by atoms with Gasteiger partial charge in [0, 0.05) is 12.1 Å². The highest BCUT2D eigenvalue weighted by molar-refractivity contribution is 5.62. The third kappa shape index (κ3) is 4.43. The fourth-order valence-electron chi connectivity index (χ4n) is 2.03. The second kappa shape index (κ2) is 7.77. The Labute approximate surface area is 117 Å². The summed E-state index contributed by atoms with van der Waals surface area (Å²) in [4.78, 5) is 10.1. The molecule has 0 aromatic heterocycles. The highest BCUT2D eigenvalue weighted by Gasteiger charge is 2.22. The van der Waals surface area contributed by atoms with Gasteiger partial charge in [0.15, 0.2) is 17.3 Å². The predicted octanol–water partition coefficient (Wildman–Crippen LogP) is 4.64. The smallest absolute Gasteiger partial charge is 0.295 e. The molecule has 0 amide bonds. The topological polar surface area (TPSA) is 55.2 Å². The van der Waals surface area contributed by atoms with E-state index in [1.54, 1.807) is 6.92 Å². The molecule has 0 saturated heterocycles. The van der Waals surface area contributed by atoms with Gasteiger partial charge >= 0.3 is 0 Å². The van der Waals surface area contributed by atoms with Gasteiger partial charge in [-0.2, -0.15) is 0 Å². The van der Waals surface area contributed by atoms with Gasteiger partial charge in [-0.05, 0) is 19.4 Å². The lowest BCUT2D eigenvalue weighted by Gasteiger charge is -2.16. The number of nitro benzene ring substituents is 1. The summed E-state index contributed by atoms with van der Waals surface area (Å²) in [6.07, 6.45) is 5.02. The molecule has 1 unspecified atom stereocenters. The molecule has 112 valence electrons. The molecule has 6 heteroatoms. The predicted molar refractivity (Wildman–Crippen MR) is 74.9 cm³/mol. The Balaban J connectivity index is 2.75. The van der Waals surface area contributed by atoms with Crippen LogP contribution in [-0.4, -0.2) is 11.0 Å². The van der Waals surface area contributed by atoms with Crippen LogP contribution in [0.1, 0.15) is 46.0 Å². The first-order valence-corrected chi connectivity index (χ1v) is 6.86. The van der Waals surface area contributed by atoms with Crippen LogP contribution >= 0.6 is 0 Å². The SMILES string of the molecule is CCCCCCC(C)Nc1c([N+](=O)[O-])ccc(F)c1F. The summed E-state index contributed by atoms with van der Waals surface area (Å²) in [5.74, 6) is -2.28. The van der Waals surface area contributed by atoms with Gasteiger partial charge in [0.05, 0.1) is 4.92 Å². The maximum absolute atomic E-state index is 13.7. The molecule has 0 bridgehead atoms. The Morgan fingerprint density at radius 2 is 2.00 bits per heavy atom. The van der Waals surface area contributed by atoms with Crippen molar-refractivity contribution in [3.8, 4) is 0 Å². The minimum Gasteiger partial charge on any atom is -0.375 e. The zero-order chi connectivity index (χ0) is 15.1. The molecule has 0 saturated carbocycles. The van der Waals surface area contributed by atoms with Gasteiger partial charge in [0.2, 0.25) is 0 Å². The minimum atomic E-state index is -1.19. The largest absolute Gasteiger partial charge is 0.375 e. The van der Waals surface area contributed by atoms with Crippen molar-refractivity contribution in [2.24, 2.45) is 0 Å². The normalized spacial score (nSPS) is 12.2. The quantitative estimate of drug-likeness (QED) is 0.430. The highest BCUT2D eigenvalue weighted by Crippen LogP contribution is 2.30. The molecule has 0 aliphatic carbocycles. The first-order valence-electron chi connectivity index (χ1n) is 6.86. The average molecular weight is 286 g/mol. The van der Waals surface area contributed by atoms with Gasteiger partial charge in [0.25, 0.3) is 5.69 Å². The van der Waals surface area contributed by atoms with Crippen molar-refractivity contribution in [1.29, 1.82) is 0 Å². The van der Waals surface area contributed by atoms with E-state index in [0.717, 1.165) is 44.2 Å². The summed E-state index contributed by atoms with van der Waals surface area (Å²) < 4.78 is 26.9. The van der Waals surface area contributed by atoms with E-state index in [2.05, 4.69) is 12.2 Å². The number of hydrogen-bond acceptors (Lipinski definition) is 3. The van der Waals surface area contributed by atoms with Crippen LogP contribution in [0.4, 0.5) is 20.2 Å². The van der Waals surface area contributed by atoms with Crippen LogP contribution in [0.3, 0.4) is 0 Å². The monoisotopic (exact) mass is 286 g/mol. The zero-order valence-electron chi connectivity index (χ0n) is 11.8. The number of benzene rings is 1. The molecule has 1 N–H and O–H groups in total. The molecule has 0 fully saturated rings. The van der Waals surface area contributed by atoms with Gasteiger partial charge in [-0.15, -0.1) is 0 Å². The van der Waals surface area contributed by atoms with E-state index in [1.807, 2.05) is 0 Å². The molecule has 0 spiro atoms.